The van der Waals surface area contributed by atoms with E-state index < -0.39 is 0 Å². The van der Waals surface area contributed by atoms with E-state index in [1.54, 1.807) is 24.1 Å². The molecule has 2 rings (SSSR count). The van der Waals surface area contributed by atoms with Crippen LogP contribution in [-0.4, -0.2) is 39.2 Å². The van der Waals surface area contributed by atoms with Crippen molar-refractivity contribution in [2.24, 2.45) is 0 Å². The van der Waals surface area contributed by atoms with Gasteiger partial charge < -0.3 is 19.1 Å². The van der Waals surface area contributed by atoms with Crippen molar-refractivity contribution < 1.29 is 19.0 Å². The number of hydrogen-bond donors (Lipinski definition) is 0. The van der Waals surface area contributed by atoms with Gasteiger partial charge in [0.2, 0.25) is 5.75 Å². The van der Waals surface area contributed by atoms with Crippen molar-refractivity contribution in [3.05, 3.63) is 53.1 Å². The summed E-state index contributed by atoms with van der Waals surface area (Å²) in [7, 11) is 6.39. The second kappa shape index (κ2) is 8.33. The predicted molar refractivity (Wildman–Crippen MR) is 107 cm³/mol. The van der Waals surface area contributed by atoms with Crippen LogP contribution >= 0.6 is 0 Å². The molecular weight excluding hydrogens is 342 g/mol. The number of carbonyl (C=O) groups excluding carboxylic acids is 1. The Balaban J connectivity index is 2.22. The Hall–Kier alpha value is -2.69. The monoisotopic (exact) mass is 371 g/mol. The molecule has 0 heterocycles. The highest BCUT2D eigenvalue weighted by molar-refractivity contribution is 5.95. The maximum atomic E-state index is 12.9. The molecule has 5 heteroatoms. The van der Waals surface area contributed by atoms with Crippen LogP contribution in [0, 0.1) is 0 Å². The fourth-order valence-electron chi connectivity index (χ4n) is 2.88. The lowest BCUT2D eigenvalue weighted by molar-refractivity contribution is 0.0784. The van der Waals surface area contributed by atoms with Crippen molar-refractivity contribution in [3.8, 4) is 17.2 Å². The Morgan fingerprint density at radius 2 is 1.44 bits per heavy atom. The van der Waals surface area contributed by atoms with Gasteiger partial charge in [-0.05, 0) is 28.7 Å². The third-order valence-corrected chi connectivity index (χ3v) is 4.50. The summed E-state index contributed by atoms with van der Waals surface area (Å²) in [4.78, 5) is 14.6. The minimum absolute atomic E-state index is 0.108. The van der Waals surface area contributed by atoms with Crippen LogP contribution in [0.3, 0.4) is 0 Å². The third-order valence-electron chi connectivity index (χ3n) is 4.50. The number of ether oxygens (including phenoxy) is 3. The number of benzene rings is 2. The molecule has 0 spiro atoms. The second-order valence-electron chi connectivity index (χ2n) is 7.52. The SMILES string of the molecule is COc1cc(C(=O)N(C)Cc2ccc(C(C)(C)C)cc2)cc(OC)c1OC. The highest BCUT2D eigenvalue weighted by atomic mass is 16.5. The Labute approximate surface area is 161 Å². The fraction of sp³-hybridized carbons (Fsp3) is 0.409. The Bertz CT molecular complexity index is 766. The zero-order chi connectivity index (χ0) is 20.2. The number of amides is 1. The highest BCUT2D eigenvalue weighted by Crippen LogP contribution is 2.38. The van der Waals surface area contributed by atoms with Crippen molar-refractivity contribution in [3.63, 3.8) is 0 Å². The molecule has 2 aromatic carbocycles. The van der Waals surface area contributed by atoms with Gasteiger partial charge in [0.05, 0.1) is 21.3 Å². The first-order valence-electron chi connectivity index (χ1n) is 8.86. The Morgan fingerprint density at radius 3 is 1.85 bits per heavy atom. The van der Waals surface area contributed by atoms with Gasteiger partial charge in [0, 0.05) is 19.2 Å². The second-order valence-corrected chi connectivity index (χ2v) is 7.52. The van der Waals surface area contributed by atoms with Crippen molar-refractivity contribution in [2.75, 3.05) is 28.4 Å². The molecule has 0 atom stereocenters. The van der Waals surface area contributed by atoms with Crippen molar-refractivity contribution in [1.29, 1.82) is 0 Å². The van der Waals surface area contributed by atoms with Gasteiger partial charge in [-0.3, -0.25) is 4.79 Å². The molecule has 0 saturated carbocycles. The van der Waals surface area contributed by atoms with E-state index in [2.05, 4.69) is 45.0 Å². The molecular formula is C22H29NO4. The summed E-state index contributed by atoms with van der Waals surface area (Å²) < 4.78 is 16.0. The fourth-order valence-corrected chi connectivity index (χ4v) is 2.88. The minimum Gasteiger partial charge on any atom is -0.493 e. The van der Waals surface area contributed by atoms with E-state index >= 15 is 0 Å². The Morgan fingerprint density at radius 1 is 0.926 bits per heavy atom. The van der Waals surface area contributed by atoms with Crippen molar-refractivity contribution in [2.45, 2.75) is 32.7 Å². The molecule has 0 radical (unpaired) electrons. The van der Waals surface area contributed by atoms with Gasteiger partial charge in [0.15, 0.2) is 11.5 Å². The molecule has 0 aliphatic heterocycles. The van der Waals surface area contributed by atoms with Gasteiger partial charge in [-0.25, -0.2) is 0 Å². The number of methoxy groups -OCH3 is 3. The maximum Gasteiger partial charge on any atom is 0.254 e. The molecule has 5 nitrogen and oxygen atoms in total. The van der Waals surface area contributed by atoms with Crippen molar-refractivity contribution in [1.82, 2.24) is 4.90 Å². The van der Waals surface area contributed by atoms with Gasteiger partial charge in [-0.15, -0.1) is 0 Å². The first-order chi connectivity index (χ1) is 12.7. The lowest BCUT2D eigenvalue weighted by Crippen LogP contribution is -2.26. The third kappa shape index (κ3) is 4.73. The van der Waals surface area contributed by atoms with E-state index in [9.17, 15) is 4.79 Å². The lowest BCUT2D eigenvalue weighted by Gasteiger charge is -2.21. The van der Waals surface area contributed by atoms with Gasteiger partial charge in [-0.1, -0.05) is 45.0 Å². The minimum atomic E-state index is -0.117. The van der Waals surface area contributed by atoms with E-state index in [0.717, 1.165) is 5.56 Å². The topological polar surface area (TPSA) is 48.0 Å². The molecule has 2 aromatic rings. The molecule has 0 saturated heterocycles. The molecule has 1 amide bonds. The van der Waals surface area contributed by atoms with Crippen LogP contribution in [0.15, 0.2) is 36.4 Å². The van der Waals surface area contributed by atoms with Crippen LogP contribution in [-0.2, 0) is 12.0 Å². The van der Waals surface area contributed by atoms with Gasteiger partial charge in [0.25, 0.3) is 5.91 Å². The predicted octanol–water partition coefficient (Wildman–Crippen LogP) is 4.28. The lowest BCUT2D eigenvalue weighted by atomic mass is 9.87. The molecule has 0 unspecified atom stereocenters. The number of rotatable bonds is 6. The summed E-state index contributed by atoms with van der Waals surface area (Å²) in [6.45, 7) is 7.06. The van der Waals surface area contributed by atoms with Gasteiger partial charge in [-0.2, -0.15) is 0 Å². The first kappa shape index (κ1) is 20.6. The van der Waals surface area contributed by atoms with Crippen LogP contribution in [0.2, 0.25) is 0 Å². The quantitative estimate of drug-likeness (QED) is 0.760. The van der Waals surface area contributed by atoms with E-state index in [1.807, 2.05) is 0 Å². The van der Waals surface area contributed by atoms with E-state index in [4.69, 9.17) is 14.2 Å². The normalized spacial score (nSPS) is 11.1. The average molecular weight is 371 g/mol. The number of nitrogens with zero attached hydrogens (tertiary/aromatic N) is 1. The summed E-state index contributed by atoms with van der Waals surface area (Å²) >= 11 is 0. The van der Waals surface area contributed by atoms with Crippen LogP contribution in [0.25, 0.3) is 0 Å². The summed E-state index contributed by atoms with van der Waals surface area (Å²) in [5.41, 5.74) is 2.94. The van der Waals surface area contributed by atoms with E-state index in [0.29, 0.717) is 29.4 Å². The van der Waals surface area contributed by atoms with Crippen molar-refractivity contribution >= 4 is 5.91 Å². The summed E-state index contributed by atoms with van der Waals surface area (Å²) in [5, 5.41) is 0. The molecule has 146 valence electrons. The first-order valence-corrected chi connectivity index (χ1v) is 8.86. The largest absolute Gasteiger partial charge is 0.493 e. The van der Waals surface area contributed by atoms with Crippen LogP contribution < -0.4 is 14.2 Å². The summed E-state index contributed by atoms with van der Waals surface area (Å²) in [6, 6.07) is 11.7. The number of carbonyl (C=O) groups is 1. The Kier molecular flexibility index (Phi) is 6.37. The summed E-state index contributed by atoms with van der Waals surface area (Å²) in [5.74, 6) is 1.28. The molecule has 0 bridgehead atoms. The molecule has 0 aromatic heterocycles. The van der Waals surface area contributed by atoms with Gasteiger partial charge in [0.1, 0.15) is 0 Å². The molecule has 0 N–H and O–H groups in total. The smallest absolute Gasteiger partial charge is 0.254 e. The zero-order valence-corrected chi connectivity index (χ0v) is 17.3. The molecule has 0 aliphatic carbocycles. The zero-order valence-electron chi connectivity index (χ0n) is 17.3. The maximum absolute atomic E-state index is 12.9. The molecule has 0 fully saturated rings. The van der Waals surface area contributed by atoms with Gasteiger partial charge >= 0.3 is 0 Å². The average Bonchev–Trinajstić information content (AvgIpc) is 2.65. The van der Waals surface area contributed by atoms with Crippen LogP contribution in [0.5, 0.6) is 17.2 Å². The van der Waals surface area contributed by atoms with E-state index in [1.165, 1.54) is 26.9 Å². The van der Waals surface area contributed by atoms with Crippen LogP contribution in [0.4, 0.5) is 0 Å². The molecule has 0 aliphatic rings. The summed E-state index contributed by atoms with van der Waals surface area (Å²) in [6.07, 6.45) is 0. The molecule has 27 heavy (non-hydrogen) atoms. The van der Waals surface area contributed by atoms with E-state index in [-0.39, 0.29) is 11.3 Å². The van der Waals surface area contributed by atoms with Crippen LogP contribution in [0.1, 0.15) is 42.3 Å². The highest BCUT2D eigenvalue weighted by Gasteiger charge is 2.20. The number of hydrogen-bond acceptors (Lipinski definition) is 4. The standard InChI is InChI=1S/C22H29NO4/c1-22(2,3)17-10-8-15(9-11-17)14-23(4)21(24)16-12-18(25-5)20(27-7)19(13-16)26-6/h8-13H,14H2,1-7H3.